The standard InChI is InChI=1S/C43H45N3O14/c1-19-14-21-15-28(49)43(59-4)39(55)31-24(16-23-30(35(31)52)27(48)17-26(33(23)50)44-40-25(18-47)34(51)37(58-3)20(2)60-40)38(54)42(43,57)32(21)36(53)29(19)41(56)46-12-10-45(11-13-46)22-8-6-5-7-9-22/h5-9,14,16,20,25,28,34,37,40,47,49,51-53,57H,10-13,15,17-18H2,1-4H3/t20-,25+,28+,34-,37-,40?,42-,43+/m0/s1. The van der Waals surface area contributed by atoms with Gasteiger partial charge in [-0.15, -0.1) is 0 Å². The Bertz CT molecular complexity index is 2380. The fourth-order valence-electron chi connectivity index (χ4n) is 9.82. The highest BCUT2D eigenvalue weighted by atomic mass is 16.6. The number of para-hydroxylation sites is 1. The van der Waals surface area contributed by atoms with Crippen molar-refractivity contribution in [3.63, 3.8) is 0 Å². The van der Waals surface area contributed by atoms with Crippen LogP contribution in [0.3, 0.4) is 0 Å². The number of carbonyl (C=O) groups excluding carboxylic acids is 5. The van der Waals surface area contributed by atoms with Crippen molar-refractivity contribution < 1.29 is 68.8 Å². The van der Waals surface area contributed by atoms with Gasteiger partial charge in [0, 0.05) is 69.2 Å². The van der Waals surface area contributed by atoms with Gasteiger partial charge in [-0.3, -0.25) is 29.0 Å². The molecule has 60 heavy (non-hydrogen) atoms. The number of phenols is 2. The minimum absolute atomic E-state index is 0.0311. The van der Waals surface area contributed by atoms with Crippen LogP contribution < -0.4 is 4.90 Å². The number of methoxy groups -OCH3 is 2. The van der Waals surface area contributed by atoms with Gasteiger partial charge in [-0.2, -0.15) is 0 Å². The molecule has 8 rings (SSSR count). The first-order valence-electron chi connectivity index (χ1n) is 19.6. The number of benzene rings is 3. The van der Waals surface area contributed by atoms with Crippen molar-refractivity contribution in [2.75, 3.05) is 51.9 Å². The van der Waals surface area contributed by atoms with Crippen LogP contribution in [0.5, 0.6) is 11.5 Å². The van der Waals surface area contributed by atoms with Gasteiger partial charge in [-0.25, -0.2) is 0 Å². The number of carbonyl (C=O) groups is 5. The van der Waals surface area contributed by atoms with Crippen LogP contribution in [-0.2, 0) is 26.2 Å². The number of nitrogens with zero attached hydrogens (tertiary/aromatic N) is 3. The van der Waals surface area contributed by atoms with Crippen LogP contribution in [0.15, 0.2) is 47.5 Å². The monoisotopic (exact) mass is 827 g/mol. The van der Waals surface area contributed by atoms with E-state index in [0.717, 1.165) is 18.9 Å². The van der Waals surface area contributed by atoms with Gasteiger partial charge in [0.15, 0.2) is 23.2 Å². The molecule has 17 heteroatoms. The summed E-state index contributed by atoms with van der Waals surface area (Å²) in [5.41, 5.74) is -8.79. The van der Waals surface area contributed by atoms with Crippen molar-refractivity contribution in [3.05, 3.63) is 87.0 Å². The maximum atomic E-state index is 15.0. The zero-order valence-electron chi connectivity index (χ0n) is 33.2. The molecule has 0 aromatic heterocycles. The van der Waals surface area contributed by atoms with E-state index in [1.165, 1.54) is 18.1 Å². The zero-order valence-corrected chi connectivity index (χ0v) is 33.2. The fraction of sp³-hybridized carbons (Fsp3) is 0.442. The van der Waals surface area contributed by atoms with Crippen molar-refractivity contribution in [1.29, 1.82) is 0 Å². The second-order valence-corrected chi connectivity index (χ2v) is 15.9. The Morgan fingerprint density at radius 3 is 2.27 bits per heavy atom. The number of anilines is 1. The minimum Gasteiger partial charge on any atom is -0.507 e. The molecule has 1 amide bonds. The fourth-order valence-corrected chi connectivity index (χ4v) is 9.82. The number of aliphatic hydroxyl groups excluding tert-OH is 3. The first-order chi connectivity index (χ1) is 28.6. The molecule has 2 fully saturated rings. The van der Waals surface area contributed by atoms with E-state index in [9.17, 15) is 54.6 Å². The van der Waals surface area contributed by atoms with Gasteiger partial charge in [-0.1, -0.05) is 24.3 Å². The van der Waals surface area contributed by atoms with Gasteiger partial charge in [-0.05, 0) is 43.2 Å². The molecular weight excluding hydrogens is 782 g/mol. The van der Waals surface area contributed by atoms with Crippen molar-refractivity contribution in [3.8, 4) is 11.5 Å². The summed E-state index contributed by atoms with van der Waals surface area (Å²) in [5, 5.41) is 69.3. The minimum atomic E-state index is -3.24. The predicted molar refractivity (Wildman–Crippen MR) is 210 cm³/mol. The molecule has 5 aliphatic rings. The maximum Gasteiger partial charge on any atom is 0.258 e. The average molecular weight is 828 g/mol. The highest BCUT2D eigenvalue weighted by Gasteiger charge is 2.72. The van der Waals surface area contributed by atoms with E-state index in [-0.39, 0.29) is 29.8 Å². The number of aromatic hydroxyl groups is 2. The number of ether oxygens (including phenoxy) is 3. The Labute approximate surface area is 343 Å². The summed E-state index contributed by atoms with van der Waals surface area (Å²) < 4.78 is 16.8. The summed E-state index contributed by atoms with van der Waals surface area (Å²) in [5.74, 6) is -8.11. The molecule has 3 aromatic carbocycles. The molecule has 1 unspecified atom stereocenters. The van der Waals surface area contributed by atoms with Crippen LogP contribution in [-0.4, -0.2) is 154 Å². The topological polar surface area (TPSA) is 253 Å². The number of rotatable bonds is 6. The van der Waals surface area contributed by atoms with Crippen LogP contribution in [0.4, 0.5) is 5.69 Å². The van der Waals surface area contributed by atoms with Crippen molar-refractivity contribution >= 4 is 40.4 Å². The number of aliphatic hydroxyl groups is 4. The number of aliphatic imine (C=N–C) groups is 1. The number of hydrogen-bond acceptors (Lipinski definition) is 16. The maximum absolute atomic E-state index is 15.0. The second-order valence-electron chi connectivity index (χ2n) is 15.9. The lowest BCUT2D eigenvalue weighted by molar-refractivity contribution is -0.206. The lowest BCUT2D eigenvalue weighted by Crippen LogP contribution is -2.73. The first kappa shape index (κ1) is 41.3. The van der Waals surface area contributed by atoms with Crippen LogP contribution in [0, 0.1) is 12.8 Å². The lowest BCUT2D eigenvalue weighted by Gasteiger charge is -2.53. The molecule has 2 aliphatic heterocycles. The smallest absolute Gasteiger partial charge is 0.258 e. The number of amides is 1. The van der Waals surface area contributed by atoms with Gasteiger partial charge in [0.2, 0.25) is 17.3 Å². The molecule has 0 bridgehead atoms. The molecule has 2 saturated heterocycles. The molecule has 316 valence electrons. The van der Waals surface area contributed by atoms with Gasteiger partial charge < -0.3 is 54.6 Å². The summed E-state index contributed by atoms with van der Waals surface area (Å²) in [6, 6.07) is 11.9. The van der Waals surface area contributed by atoms with E-state index in [4.69, 9.17) is 14.2 Å². The van der Waals surface area contributed by atoms with Crippen LogP contribution in [0.1, 0.15) is 81.8 Å². The van der Waals surface area contributed by atoms with Gasteiger partial charge in [0.25, 0.3) is 5.91 Å². The number of ketones is 4. The summed E-state index contributed by atoms with van der Waals surface area (Å²) in [7, 11) is 2.30. The Kier molecular flexibility index (Phi) is 10.3. The third kappa shape index (κ3) is 5.71. The third-order valence-electron chi connectivity index (χ3n) is 12.9. The molecule has 17 nitrogen and oxygen atoms in total. The van der Waals surface area contributed by atoms with E-state index < -0.39 is 141 Å². The van der Waals surface area contributed by atoms with E-state index >= 15 is 0 Å². The number of aryl methyl sites for hydroxylation is 1. The number of Topliss-reactive ketones (excluding diaryl/α,β-unsaturated/α-hetero) is 4. The number of phenolic OH excluding ortho intramolecular Hbond substituents is 2. The normalized spacial score (nSPS) is 30.8. The summed E-state index contributed by atoms with van der Waals surface area (Å²) in [6.07, 6.45) is -7.27. The summed E-state index contributed by atoms with van der Waals surface area (Å²) in [4.78, 5) is 79.8. The predicted octanol–water partition coefficient (Wildman–Crippen LogP) is 0.877. The largest absolute Gasteiger partial charge is 0.507 e. The highest BCUT2D eigenvalue weighted by molar-refractivity contribution is 6.53. The lowest BCUT2D eigenvalue weighted by atomic mass is 9.56. The van der Waals surface area contributed by atoms with Gasteiger partial charge in [0.05, 0.1) is 59.7 Å². The SMILES string of the molecule is CO[C@@H]1[C@@H](O)[C@@H](CO)C(N=C2CC(=O)c3c(cc4c(c3O)C(=O)[C@]3(OC)[C@H](O)Cc5cc(C)c(C(=O)N6CCN(c7ccccc7)CC6)c(O)c5[C@]3(O)C4=O)C2=O)O[C@H]1C. The van der Waals surface area contributed by atoms with Crippen molar-refractivity contribution in [1.82, 2.24) is 4.90 Å². The van der Waals surface area contributed by atoms with E-state index in [2.05, 4.69) is 9.89 Å². The first-order valence-corrected chi connectivity index (χ1v) is 19.6. The number of hydrogen-bond donors (Lipinski definition) is 6. The Balaban J connectivity index is 1.21. The summed E-state index contributed by atoms with van der Waals surface area (Å²) in [6.45, 7) is 3.99. The number of piperazine rings is 1. The quantitative estimate of drug-likeness (QED) is 0.202. The number of fused-ring (bicyclic) bond motifs is 5. The zero-order chi connectivity index (χ0) is 43.2. The molecule has 6 N–H and O–H groups in total. The van der Waals surface area contributed by atoms with Crippen LogP contribution in [0.2, 0.25) is 0 Å². The third-order valence-corrected chi connectivity index (χ3v) is 12.9. The van der Waals surface area contributed by atoms with E-state index in [0.29, 0.717) is 13.1 Å². The summed E-state index contributed by atoms with van der Waals surface area (Å²) >= 11 is 0. The van der Waals surface area contributed by atoms with Crippen molar-refractivity contribution in [2.24, 2.45) is 10.9 Å². The molecular formula is C43H45N3O14. The van der Waals surface area contributed by atoms with Crippen LogP contribution in [0.25, 0.3) is 0 Å². The second kappa shape index (κ2) is 14.9. The molecule has 3 aliphatic carbocycles. The highest BCUT2D eigenvalue weighted by Crippen LogP contribution is 2.56. The Morgan fingerprint density at radius 2 is 1.63 bits per heavy atom. The van der Waals surface area contributed by atoms with Gasteiger partial charge in [0.1, 0.15) is 17.6 Å². The van der Waals surface area contributed by atoms with Crippen molar-refractivity contribution in [2.45, 2.75) is 68.5 Å². The average Bonchev–Trinajstić information content (AvgIpc) is 3.22. The Morgan fingerprint density at radius 1 is 0.950 bits per heavy atom. The molecule has 0 saturated carbocycles. The molecule has 3 aromatic rings. The Hall–Kier alpha value is -5.40. The molecule has 8 atom stereocenters. The van der Waals surface area contributed by atoms with Gasteiger partial charge >= 0.3 is 0 Å². The van der Waals surface area contributed by atoms with Crippen LogP contribution >= 0.6 is 0 Å². The molecule has 0 radical (unpaired) electrons. The van der Waals surface area contributed by atoms with E-state index in [1.54, 1.807) is 13.8 Å². The molecule has 2 heterocycles. The molecule has 0 spiro atoms. The van der Waals surface area contributed by atoms with E-state index in [1.807, 2.05) is 30.3 Å².